The summed E-state index contributed by atoms with van der Waals surface area (Å²) in [6.07, 6.45) is 5.14. The summed E-state index contributed by atoms with van der Waals surface area (Å²) < 4.78 is 7.82. The first-order valence-corrected chi connectivity index (χ1v) is 9.09. The zero-order valence-electron chi connectivity index (χ0n) is 14.9. The fourth-order valence-corrected chi connectivity index (χ4v) is 2.78. The van der Waals surface area contributed by atoms with Crippen LogP contribution in [0.2, 0.25) is 0 Å². The van der Waals surface area contributed by atoms with Gasteiger partial charge in [0.05, 0.1) is 6.21 Å². The Morgan fingerprint density at radius 1 is 1.00 bits per heavy atom. The molecule has 0 saturated heterocycles. The van der Waals surface area contributed by atoms with Gasteiger partial charge in [-0.2, -0.15) is 14.9 Å². The molecule has 0 aliphatic carbocycles. The summed E-state index contributed by atoms with van der Waals surface area (Å²) in [6, 6.07) is 21.5. The third kappa shape index (κ3) is 4.21. The Kier molecular flexibility index (Phi) is 5.35. The fourth-order valence-electron chi connectivity index (χ4n) is 2.60. The Labute approximate surface area is 167 Å². The first kappa shape index (κ1) is 17.8. The van der Waals surface area contributed by atoms with Crippen molar-refractivity contribution in [3.8, 4) is 17.1 Å². The molecule has 0 atom stereocenters. The highest BCUT2D eigenvalue weighted by Crippen LogP contribution is 2.16. The molecule has 7 heteroatoms. The number of nitrogens with zero attached hydrogens (tertiary/aromatic N) is 4. The van der Waals surface area contributed by atoms with E-state index in [9.17, 15) is 0 Å². The summed E-state index contributed by atoms with van der Waals surface area (Å²) in [6.45, 7) is 0.535. The lowest BCUT2D eigenvalue weighted by Crippen LogP contribution is -1.96. The number of nitrogens with one attached hydrogen (secondary N) is 1. The van der Waals surface area contributed by atoms with E-state index in [1.165, 1.54) is 0 Å². The van der Waals surface area contributed by atoms with Crippen LogP contribution >= 0.6 is 12.2 Å². The second kappa shape index (κ2) is 8.41. The maximum absolute atomic E-state index is 5.81. The van der Waals surface area contributed by atoms with Crippen LogP contribution in [0.1, 0.15) is 11.1 Å². The molecule has 28 heavy (non-hydrogen) atoms. The minimum Gasteiger partial charge on any atom is -0.489 e. The van der Waals surface area contributed by atoms with E-state index in [4.69, 9.17) is 17.0 Å². The molecule has 4 rings (SSSR count). The van der Waals surface area contributed by atoms with Crippen molar-refractivity contribution in [2.75, 3.05) is 0 Å². The van der Waals surface area contributed by atoms with Gasteiger partial charge in [-0.1, -0.05) is 30.3 Å². The van der Waals surface area contributed by atoms with Crippen molar-refractivity contribution in [3.05, 3.63) is 95.0 Å². The second-order valence-electron chi connectivity index (χ2n) is 5.99. The normalized spacial score (nSPS) is 11.0. The Balaban J connectivity index is 1.47. The number of hydrogen-bond acceptors (Lipinski definition) is 5. The van der Waals surface area contributed by atoms with Crippen molar-refractivity contribution in [2.24, 2.45) is 5.10 Å². The van der Waals surface area contributed by atoms with E-state index >= 15 is 0 Å². The number of H-pyrrole nitrogens is 1. The van der Waals surface area contributed by atoms with Gasteiger partial charge in [0.1, 0.15) is 12.4 Å². The molecule has 0 aliphatic rings. The SMILES string of the molecule is S=c1[nH]nc(-c2ccncc2)n1/N=C/c1ccc(OCc2ccccc2)cc1. The van der Waals surface area contributed by atoms with Crippen molar-refractivity contribution in [1.82, 2.24) is 19.9 Å². The first-order valence-electron chi connectivity index (χ1n) is 8.68. The fraction of sp³-hybridized carbons (Fsp3) is 0.0476. The highest BCUT2D eigenvalue weighted by Gasteiger charge is 2.07. The maximum atomic E-state index is 5.81. The molecule has 0 radical (unpaired) electrons. The van der Waals surface area contributed by atoms with Crippen molar-refractivity contribution >= 4 is 18.4 Å². The standard InChI is InChI=1S/C21H17N5OS/c28-21-25-24-20(18-10-12-22-13-11-18)26(21)23-14-16-6-8-19(9-7-16)27-15-17-4-2-1-3-5-17/h1-14H,15H2,(H,25,28)/b23-14+. The van der Waals surface area contributed by atoms with Gasteiger partial charge in [0.25, 0.3) is 0 Å². The van der Waals surface area contributed by atoms with Gasteiger partial charge >= 0.3 is 0 Å². The average Bonchev–Trinajstić information content (AvgIpc) is 3.13. The zero-order chi connectivity index (χ0) is 19.2. The smallest absolute Gasteiger partial charge is 0.216 e. The minimum absolute atomic E-state index is 0.422. The molecule has 0 fully saturated rings. The van der Waals surface area contributed by atoms with E-state index in [1.807, 2.05) is 66.7 Å². The van der Waals surface area contributed by atoms with E-state index in [2.05, 4.69) is 20.3 Å². The number of aromatic nitrogens is 4. The zero-order valence-corrected chi connectivity index (χ0v) is 15.7. The lowest BCUT2D eigenvalue weighted by molar-refractivity contribution is 0.306. The van der Waals surface area contributed by atoms with Gasteiger partial charge in [0, 0.05) is 18.0 Å². The second-order valence-corrected chi connectivity index (χ2v) is 6.37. The number of ether oxygens (including phenoxy) is 1. The highest BCUT2D eigenvalue weighted by molar-refractivity contribution is 7.71. The molecule has 0 saturated carbocycles. The van der Waals surface area contributed by atoms with E-state index in [1.54, 1.807) is 23.3 Å². The van der Waals surface area contributed by atoms with Crippen LogP contribution in [-0.4, -0.2) is 26.1 Å². The summed E-state index contributed by atoms with van der Waals surface area (Å²) in [4.78, 5) is 4.02. The molecular weight excluding hydrogens is 370 g/mol. The number of rotatable bonds is 6. The van der Waals surface area contributed by atoms with Crippen LogP contribution in [0, 0.1) is 4.77 Å². The first-order chi connectivity index (χ1) is 13.8. The van der Waals surface area contributed by atoms with Crippen LogP contribution in [0.5, 0.6) is 5.75 Å². The monoisotopic (exact) mass is 387 g/mol. The van der Waals surface area contributed by atoms with Crippen LogP contribution in [0.15, 0.2) is 84.2 Å². The van der Waals surface area contributed by atoms with Gasteiger partial charge in [-0.3, -0.25) is 4.98 Å². The summed E-state index contributed by atoms with van der Waals surface area (Å²) in [7, 11) is 0. The molecule has 0 spiro atoms. The van der Waals surface area contributed by atoms with Crippen LogP contribution in [-0.2, 0) is 6.61 Å². The lowest BCUT2D eigenvalue weighted by Gasteiger charge is -2.06. The van der Waals surface area contributed by atoms with E-state index in [-0.39, 0.29) is 0 Å². The van der Waals surface area contributed by atoms with Crippen molar-refractivity contribution < 1.29 is 4.74 Å². The molecule has 2 heterocycles. The molecule has 2 aromatic carbocycles. The molecule has 2 aromatic heterocycles. The Morgan fingerprint density at radius 2 is 1.75 bits per heavy atom. The van der Waals surface area contributed by atoms with Gasteiger partial charge in [0.2, 0.25) is 4.77 Å². The number of benzene rings is 2. The molecule has 0 aliphatic heterocycles. The largest absolute Gasteiger partial charge is 0.489 e. The molecule has 1 N–H and O–H groups in total. The summed E-state index contributed by atoms with van der Waals surface area (Å²) in [5.41, 5.74) is 2.94. The van der Waals surface area contributed by atoms with Gasteiger partial charge in [-0.15, -0.1) is 0 Å². The van der Waals surface area contributed by atoms with Crippen molar-refractivity contribution in [3.63, 3.8) is 0 Å². The van der Waals surface area contributed by atoms with Crippen molar-refractivity contribution in [1.29, 1.82) is 0 Å². The van der Waals surface area contributed by atoms with Gasteiger partial charge < -0.3 is 4.74 Å². The Bertz CT molecular complexity index is 1120. The average molecular weight is 387 g/mol. The molecule has 0 unspecified atom stereocenters. The minimum atomic E-state index is 0.422. The van der Waals surface area contributed by atoms with Crippen LogP contribution in [0.25, 0.3) is 11.4 Å². The number of aromatic amines is 1. The third-order valence-electron chi connectivity index (χ3n) is 4.04. The van der Waals surface area contributed by atoms with Crippen molar-refractivity contribution in [2.45, 2.75) is 6.61 Å². The van der Waals surface area contributed by atoms with Crippen LogP contribution in [0.4, 0.5) is 0 Å². The maximum Gasteiger partial charge on any atom is 0.216 e. The predicted molar refractivity (Wildman–Crippen MR) is 111 cm³/mol. The highest BCUT2D eigenvalue weighted by atomic mass is 32.1. The Hall–Kier alpha value is -3.58. The lowest BCUT2D eigenvalue weighted by atomic mass is 10.2. The molecular formula is C21H17N5OS. The number of hydrogen-bond donors (Lipinski definition) is 1. The van der Waals surface area contributed by atoms with Crippen LogP contribution < -0.4 is 4.74 Å². The summed E-state index contributed by atoms with van der Waals surface area (Å²) in [5.74, 6) is 1.44. The topological polar surface area (TPSA) is 68.1 Å². The van der Waals surface area contributed by atoms with Gasteiger partial charge in [-0.05, 0) is 59.7 Å². The third-order valence-corrected chi connectivity index (χ3v) is 4.30. The molecule has 0 amide bonds. The molecule has 138 valence electrons. The Morgan fingerprint density at radius 3 is 2.50 bits per heavy atom. The molecule has 0 bridgehead atoms. The number of pyridine rings is 1. The van der Waals surface area contributed by atoms with E-state index in [0.29, 0.717) is 17.2 Å². The van der Waals surface area contributed by atoms with Gasteiger partial charge in [-0.25, -0.2) is 5.10 Å². The van der Waals surface area contributed by atoms with E-state index in [0.717, 1.165) is 22.4 Å². The van der Waals surface area contributed by atoms with E-state index < -0.39 is 0 Å². The molecule has 6 nitrogen and oxygen atoms in total. The quantitative estimate of drug-likeness (QED) is 0.392. The molecule has 4 aromatic rings. The summed E-state index contributed by atoms with van der Waals surface area (Å²) >= 11 is 5.29. The summed E-state index contributed by atoms with van der Waals surface area (Å²) in [5, 5.41) is 11.5. The van der Waals surface area contributed by atoms with Gasteiger partial charge in [0.15, 0.2) is 5.82 Å². The van der Waals surface area contributed by atoms with Crippen LogP contribution in [0.3, 0.4) is 0 Å². The predicted octanol–water partition coefficient (Wildman–Crippen LogP) is 4.46.